The maximum Gasteiger partial charge on any atom is 0.273 e. The molecule has 0 atom stereocenters. The molecule has 2 heterocycles. The Morgan fingerprint density at radius 2 is 1.88 bits per heavy atom. The summed E-state index contributed by atoms with van der Waals surface area (Å²) < 4.78 is 2.04. The number of halogens is 1. The molecule has 0 saturated carbocycles. The smallest absolute Gasteiger partial charge is 0.273 e. The van der Waals surface area contributed by atoms with E-state index in [0.29, 0.717) is 36.0 Å². The molecule has 4 aromatic rings. The molecule has 0 aliphatic carbocycles. The van der Waals surface area contributed by atoms with E-state index in [4.69, 9.17) is 11.6 Å². The van der Waals surface area contributed by atoms with Gasteiger partial charge in [-0.05, 0) is 37.6 Å². The summed E-state index contributed by atoms with van der Waals surface area (Å²) in [6.07, 6.45) is 0.653. The SMILES string of the molecule is CCN(CC)C(=O)c1csc(CSc2nnc(Cc3ccccc3)n2-c2cccc(Cl)c2)n1. The third-order valence-corrected chi connectivity index (χ3v) is 7.32. The molecule has 0 bridgehead atoms. The third kappa shape index (κ3) is 5.63. The van der Waals surface area contributed by atoms with E-state index in [0.717, 1.165) is 27.2 Å². The van der Waals surface area contributed by atoms with Gasteiger partial charge in [-0.1, -0.05) is 59.8 Å². The molecule has 0 radical (unpaired) electrons. The molecule has 0 unspecified atom stereocenters. The lowest BCUT2D eigenvalue weighted by Crippen LogP contribution is -2.30. The molecule has 33 heavy (non-hydrogen) atoms. The van der Waals surface area contributed by atoms with Crippen LogP contribution < -0.4 is 0 Å². The van der Waals surface area contributed by atoms with Gasteiger partial charge in [-0.15, -0.1) is 21.5 Å². The summed E-state index contributed by atoms with van der Waals surface area (Å²) in [4.78, 5) is 18.9. The predicted octanol–water partition coefficient (Wildman–Crippen LogP) is 5.74. The van der Waals surface area contributed by atoms with Crippen LogP contribution in [0.3, 0.4) is 0 Å². The summed E-state index contributed by atoms with van der Waals surface area (Å²) in [5.41, 5.74) is 2.57. The van der Waals surface area contributed by atoms with E-state index in [1.165, 1.54) is 11.3 Å². The van der Waals surface area contributed by atoms with Crippen molar-refractivity contribution in [1.29, 1.82) is 0 Å². The van der Waals surface area contributed by atoms with Crippen LogP contribution in [0.15, 0.2) is 65.1 Å². The van der Waals surface area contributed by atoms with E-state index >= 15 is 0 Å². The van der Waals surface area contributed by atoms with Crippen molar-refractivity contribution in [3.63, 3.8) is 0 Å². The van der Waals surface area contributed by atoms with Gasteiger partial charge in [0.15, 0.2) is 5.16 Å². The van der Waals surface area contributed by atoms with E-state index in [9.17, 15) is 4.79 Å². The van der Waals surface area contributed by atoms with E-state index in [1.807, 2.05) is 66.3 Å². The molecule has 0 spiro atoms. The summed E-state index contributed by atoms with van der Waals surface area (Å²) >= 11 is 9.31. The summed E-state index contributed by atoms with van der Waals surface area (Å²) in [6.45, 7) is 5.29. The van der Waals surface area contributed by atoms with E-state index in [-0.39, 0.29) is 5.91 Å². The average Bonchev–Trinajstić information content (AvgIpc) is 3.46. The molecule has 0 N–H and O–H groups in total. The highest BCUT2D eigenvalue weighted by atomic mass is 35.5. The lowest BCUT2D eigenvalue weighted by molar-refractivity contribution is 0.0768. The zero-order chi connectivity index (χ0) is 23.2. The van der Waals surface area contributed by atoms with Gasteiger partial charge in [0.2, 0.25) is 0 Å². The van der Waals surface area contributed by atoms with E-state index in [2.05, 4.69) is 27.3 Å². The Balaban J connectivity index is 1.57. The first-order chi connectivity index (χ1) is 16.1. The average molecular weight is 498 g/mol. The van der Waals surface area contributed by atoms with Crippen LogP contribution in [0.25, 0.3) is 5.69 Å². The maximum atomic E-state index is 12.6. The number of carbonyl (C=O) groups is 1. The fraction of sp³-hybridized carbons (Fsp3) is 0.250. The number of rotatable bonds is 9. The van der Waals surface area contributed by atoms with Gasteiger partial charge in [-0.3, -0.25) is 9.36 Å². The number of hydrogen-bond donors (Lipinski definition) is 0. The fourth-order valence-electron chi connectivity index (χ4n) is 3.44. The topological polar surface area (TPSA) is 63.9 Å². The van der Waals surface area contributed by atoms with Gasteiger partial charge in [0.1, 0.15) is 16.5 Å². The summed E-state index contributed by atoms with van der Waals surface area (Å²) in [6, 6.07) is 17.9. The normalized spacial score (nSPS) is 11.0. The number of carbonyl (C=O) groups excluding carboxylic acids is 1. The highest BCUT2D eigenvalue weighted by Gasteiger charge is 2.18. The van der Waals surface area contributed by atoms with Crippen molar-refractivity contribution in [2.75, 3.05) is 13.1 Å². The minimum atomic E-state index is -0.0280. The number of amides is 1. The Labute approximate surface area is 206 Å². The first-order valence-corrected chi connectivity index (χ1v) is 12.9. The quantitative estimate of drug-likeness (QED) is 0.276. The van der Waals surface area contributed by atoms with Gasteiger partial charge in [0.05, 0.1) is 11.4 Å². The first-order valence-electron chi connectivity index (χ1n) is 10.7. The molecule has 170 valence electrons. The molecule has 0 aliphatic rings. The Bertz CT molecular complexity index is 1220. The number of thioether (sulfide) groups is 1. The second-order valence-electron chi connectivity index (χ2n) is 7.27. The number of aromatic nitrogens is 4. The first kappa shape index (κ1) is 23.5. The molecule has 4 rings (SSSR count). The summed E-state index contributed by atoms with van der Waals surface area (Å²) in [5.74, 6) is 1.41. The summed E-state index contributed by atoms with van der Waals surface area (Å²) in [7, 11) is 0. The largest absolute Gasteiger partial charge is 0.338 e. The molecule has 6 nitrogen and oxygen atoms in total. The van der Waals surface area contributed by atoms with Gasteiger partial charge >= 0.3 is 0 Å². The molecule has 1 amide bonds. The minimum absolute atomic E-state index is 0.0280. The molecule has 0 fully saturated rings. The van der Waals surface area contributed by atoms with Crippen LogP contribution in [0, 0.1) is 0 Å². The van der Waals surface area contributed by atoms with Crippen LogP contribution >= 0.6 is 34.7 Å². The van der Waals surface area contributed by atoms with Crippen molar-refractivity contribution in [2.45, 2.75) is 31.2 Å². The molecule has 0 aliphatic heterocycles. The van der Waals surface area contributed by atoms with Crippen LogP contribution in [0.2, 0.25) is 5.02 Å². The van der Waals surface area contributed by atoms with Crippen LogP contribution in [0.4, 0.5) is 0 Å². The van der Waals surface area contributed by atoms with Crippen molar-refractivity contribution in [3.05, 3.63) is 87.1 Å². The van der Waals surface area contributed by atoms with Gasteiger partial charge in [0, 0.05) is 29.9 Å². The Morgan fingerprint density at radius 1 is 1.09 bits per heavy atom. The molecular formula is C24H24ClN5OS2. The van der Waals surface area contributed by atoms with Gasteiger partial charge in [0.25, 0.3) is 5.91 Å². The zero-order valence-corrected chi connectivity index (χ0v) is 20.8. The molecule has 0 saturated heterocycles. The van der Waals surface area contributed by atoms with E-state index < -0.39 is 0 Å². The number of hydrogen-bond acceptors (Lipinski definition) is 6. The highest BCUT2D eigenvalue weighted by molar-refractivity contribution is 7.98. The van der Waals surface area contributed by atoms with Crippen molar-refractivity contribution >= 4 is 40.6 Å². The Morgan fingerprint density at radius 3 is 2.61 bits per heavy atom. The Kier molecular flexibility index (Phi) is 7.80. The zero-order valence-electron chi connectivity index (χ0n) is 18.4. The third-order valence-electron chi connectivity index (χ3n) is 5.12. The number of nitrogens with zero attached hydrogens (tertiary/aromatic N) is 5. The monoisotopic (exact) mass is 497 g/mol. The van der Waals surface area contributed by atoms with Crippen LogP contribution in [-0.4, -0.2) is 43.6 Å². The lowest BCUT2D eigenvalue weighted by atomic mass is 10.1. The van der Waals surface area contributed by atoms with Crippen molar-refractivity contribution < 1.29 is 4.79 Å². The van der Waals surface area contributed by atoms with Crippen LogP contribution in [0.5, 0.6) is 0 Å². The van der Waals surface area contributed by atoms with Gasteiger partial charge in [-0.25, -0.2) is 4.98 Å². The summed E-state index contributed by atoms with van der Waals surface area (Å²) in [5, 5.41) is 13.1. The second-order valence-corrected chi connectivity index (χ2v) is 9.59. The molecule has 9 heteroatoms. The van der Waals surface area contributed by atoms with Crippen molar-refractivity contribution in [2.24, 2.45) is 0 Å². The van der Waals surface area contributed by atoms with Crippen molar-refractivity contribution in [1.82, 2.24) is 24.6 Å². The van der Waals surface area contributed by atoms with Gasteiger partial charge in [-0.2, -0.15) is 0 Å². The number of thiazole rings is 1. The van der Waals surface area contributed by atoms with Crippen molar-refractivity contribution in [3.8, 4) is 5.69 Å². The van der Waals surface area contributed by atoms with Crippen LogP contribution in [-0.2, 0) is 12.2 Å². The standard InChI is InChI=1S/C24H24ClN5OS2/c1-3-29(4-2)23(31)20-15-32-22(26-20)16-33-24-28-27-21(13-17-9-6-5-7-10-17)30(24)19-12-8-11-18(25)14-19/h5-12,14-15H,3-4,13,16H2,1-2H3. The lowest BCUT2D eigenvalue weighted by Gasteiger charge is -2.16. The van der Waals surface area contributed by atoms with Crippen LogP contribution in [0.1, 0.15) is 40.7 Å². The maximum absolute atomic E-state index is 12.6. The second kappa shape index (κ2) is 11.0. The minimum Gasteiger partial charge on any atom is -0.338 e. The molecule has 2 aromatic heterocycles. The molecule has 2 aromatic carbocycles. The highest BCUT2D eigenvalue weighted by Crippen LogP contribution is 2.28. The van der Waals surface area contributed by atoms with E-state index in [1.54, 1.807) is 16.7 Å². The fourth-order valence-corrected chi connectivity index (χ4v) is 5.38. The Hall–Kier alpha value is -2.68. The molecular weight excluding hydrogens is 474 g/mol. The van der Waals surface area contributed by atoms with Gasteiger partial charge < -0.3 is 4.90 Å². The number of benzene rings is 2. The predicted molar refractivity (Wildman–Crippen MR) is 135 cm³/mol.